The van der Waals surface area contributed by atoms with Crippen molar-refractivity contribution in [3.05, 3.63) is 52.3 Å². The average molecular weight is 354 g/mol. The zero-order valence-corrected chi connectivity index (χ0v) is 16.1. The molecule has 140 valence electrons. The molecule has 1 heterocycles. The van der Waals surface area contributed by atoms with E-state index in [0.717, 1.165) is 22.6 Å². The first-order valence-corrected chi connectivity index (χ1v) is 9.73. The molecule has 2 aromatic rings. The lowest BCUT2D eigenvalue weighted by Gasteiger charge is -2.17. The number of hydrogen-bond acceptors (Lipinski definition) is 2. The third kappa shape index (κ3) is 3.85. The summed E-state index contributed by atoms with van der Waals surface area (Å²) in [5.74, 6) is -0.839. The highest BCUT2D eigenvalue weighted by molar-refractivity contribution is 5.91. The number of hydrogen-bond donors (Lipinski definition) is 2. The quantitative estimate of drug-likeness (QED) is 0.750. The van der Waals surface area contributed by atoms with Gasteiger partial charge in [0.15, 0.2) is 0 Å². The predicted molar refractivity (Wildman–Crippen MR) is 105 cm³/mol. The number of aryl methyl sites for hydroxylation is 1. The molecule has 0 spiro atoms. The minimum absolute atomic E-state index is 0.448. The number of carboxylic acids is 1. The number of rotatable bonds is 5. The number of nitrogens with zero attached hydrogens (tertiary/aromatic N) is 1. The fourth-order valence-electron chi connectivity index (χ4n) is 4.21. The van der Waals surface area contributed by atoms with Crippen LogP contribution in [-0.4, -0.2) is 21.7 Å². The highest BCUT2D eigenvalue weighted by Crippen LogP contribution is 2.27. The summed E-state index contributed by atoms with van der Waals surface area (Å²) >= 11 is 0. The Morgan fingerprint density at radius 2 is 1.65 bits per heavy atom. The first-order valence-electron chi connectivity index (χ1n) is 9.73. The van der Waals surface area contributed by atoms with E-state index in [0.29, 0.717) is 18.2 Å². The van der Waals surface area contributed by atoms with E-state index in [4.69, 9.17) is 0 Å². The molecular formula is C22H30N2O2. The molecule has 0 aliphatic heterocycles. The molecule has 0 unspecified atom stereocenters. The maximum absolute atomic E-state index is 12.0. The van der Waals surface area contributed by atoms with E-state index in [-0.39, 0.29) is 0 Å². The van der Waals surface area contributed by atoms with Gasteiger partial charge in [-0.15, -0.1) is 0 Å². The molecule has 1 saturated carbocycles. The molecule has 0 atom stereocenters. The van der Waals surface area contributed by atoms with Gasteiger partial charge < -0.3 is 15.0 Å². The smallest absolute Gasteiger partial charge is 0.337 e. The lowest BCUT2D eigenvalue weighted by atomic mass is 10.1. The van der Waals surface area contributed by atoms with Gasteiger partial charge in [-0.25, -0.2) is 4.79 Å². The summed E-state index contributed by atoms with van der Waals surface area (Å²) in [7, 11) is 0. The lowest BCUT2D eigenvalue weighted by molar-refractivity contribution is 0.0694. The number of aromatic carboxylic acids is 1. The van der Waals surface area contributed by atoms with Gasteiger partial charge in [-0.2, -0.15) is 0 Å². The standard InChI is InChI=1S/C22H30N2O2/c1-15-10-12-19(13-11-15)24-16(2)20(21(17(24)3)22(25)26)14-23-18-8-6-4-5-7-9-18/h10-13,18,23H,4-9,14H2,1-3H3,(H,25,26). The van der Waals surface area contributed by atoms with Gasteiger partial charge in [-0.3, -0.25) is 0 Å². The van der Waals surface area contributed by atoms with Crippen LogP contribution in [0, 0.1) is 20.8 Å². The van der Waals surface area contributed by atoms with Crippen molar-refractivity contribution >= 4 is 5.97 Å². The second kappa shape index (κ2) is 8.09. The number of benzene rings is 1. The van der Waals surface area contributed by atoms with E-state index in [2.05, 4.69) is 41.1 Å². The summed E-state index contributed by atoms with van der Waals surface area (Å²) in [6, 6.07) is 8.75. The van der Waals surface area contributed by atoms with E-state index >= 15 is 0 Å². The summed E-state index contributed by atoms with van der Waals surface area (Å²) < 4.78 is 2.08. The fraction of sp³-hybridized carbons (Fsp3) is 0.500. The van der Waals surface area contributed by atoms with Crippen LogP contribution in [0.1, 0.15) is 71.4 Å². The maximum Gasteiger partial charge on any atom is 0.337 e. The molecular weight excluding hydrogens is 324 g/mol. The molecule has 3 rings (SSSR count). The van der Waals surface area contributed by atoms with Crippen LogP contribution in [0.25, 0.3) is 5.69 Å². The van der Waals surface area contributed by atoms with Gasteiger partial charge in [0.25, 0.3) is 0 Å². The molecule has 1 aliphatic carbocycles. The van der Waals surface area contributed by atoms with Crippen molar-refractivity contribution < 1.29 is 9.90 Å². The topological polar surface area (TPSA) is 54.3 Å². The Kier molecular flexibility index (Phi) is 5.82. The average Bonchev–Trinajstić information content (AvgIpc) is 2.78. The first-order chi connectivity index (χ1) is 12.5. The van der Waals surface area contributed by atoms with Crippen LogP contribution in [0.3, 0.4) is 0 Å². The Morgan fingerprint density at radius 1 is 1.04 bits per heavy atom. The van der Waals surface area contributed by atoms with Crippen molar-refractivity contribution in [3.63, 3.8) is 0 Å². The van der Waals surface area contributed by atoms with E-state index in [1.807, 2.05) is 13.8 Å². The molecule has 2 N–H and O–H groups in total. The number of carboxylic acid groups (broad SMARTS) is 1. The van der Waals surface area contributed by atoms with Crippen molar-refractivity contribution in [3.8, 4) is 5.69 Å². The van der Waals surface area contributed by atoms with Crippen molar-refractivity contribution in [2.75, 3.05) is 0 Å². The molecule has 26 heavy (non-hydrogen) atoms. The molecule has 1 fully saturated rings. The summed E-state index contributed by atoms with van der Waals surface area (Å²) in [6.07, 6.45) is 7.57. The Bertz CT molecular complexity index is 766. The second-order valence-corrected chi connectivity index (χ2v) is 7.57. The SMILES string of the molecule is Cc1ccc(-n2c(C)c(CNC3CCCCCC3)c(C(=O)O)c2C)cc1. The Labute approximate surface area is 156 Å². The molecule has 4 heteroatoms. The third-order valence-electron chi connectivity index (χ3n) is 5.70. The highest BCUT2D eigenvalue weighted by Gasteiger charge is 2.24. The van der Waals surface area contributed by atoms with Crippen LogP contribution in [0.4, 0.5) is 0 Å². The number of carbonyl (C=O) groups is 1. The molecule has 0 amide bonds. The Hall–Kier alpha value is -2.07. The molecule has 0 radical (unpaired) electrons. The first kappa shape index (κ1) is 18.7. The minimum atomic E-state index is -0.839. The molecule has 1 aromatic heterocycles. The van der Waals surface area contributed by atoms with Gasteiger partial charge in [0, 0.05) is 35.2 Å². The summed E-state index contributed by atoms with van der Waals surface area (Å²) in [5.41, 5.74) is 5.41. The zero-order chi connectivity index (χ0) is 18.7. The monoisotopic (exact) mass is 354 g/mol. The Morgan fingerprint density at radius 3 is 2.23 bits per heavy atom. The van der Waals surface area contributed by atoms with Gasteiger partial charge in [0.1, 0.15) is 0 Å². The maximum atomic E-state index is 12.0. The van der Waals surface area contributed by atoms with Crippen molar-refractivity contribution in [1.82, 2.24) is 9.88 Å². The second-order valence-electron chi connectivity index (χ2n) is 7.57. The summed E-state index contributed by atoms with van der Waals surface area (Å²) in [4.78, 5) is 12.0. The van der Waals surface area contributed by atoms with E-state index in [9.17, 15) is 9.90 Å². The molecule has 0 saturated heterocycles. The largest absolute Gasteiger partial charge is 0.478 e. The van der Waals surface area contributed by atoms with E-state index in [1.54, 1.807) is 0 Å². The number of nitrogens with one attached hydrogen (secondary N) is 1. The van der Waals surface area contributed by atoms with Gasteiger partial charge in [0.2, 0.25) is 0 Å². The highest BCUT2D eigenvalue weighted by atomic mass is 16.4. The Balaban J connectivity index is 1.92. The number of aromatic nitrogens is 1. The predicted octanol–water partition coefficient (Wildman–Crippen LogP) is 4.91. The van der Waals surface area contributed by atoms with Crippen molar-refractivity contribution in [2.24, 2.45) is 0 Å². The van der Waals surface area contributed by atoms with Crippen molar-refractivity contribution in [1.29, 1.82) is 0 Å². The summed E-state index contributed by atoms with van der Waals surface area (Å²) in [5, 5.41) is 13.5. The van der Waals surface area contributed by atoms with Gasteiger partial charge >= 0.3 is 5.97 Å². The normalized spacial score (nSPS) is 15.8. The van der Waals surface area contributed by atoms with Gasteiger partial charge in [-0.1, -0.05) is 43.4 Å². The minimum Gasteiger partial charge on any atom is -0.478 e. The molecule has 1 aromatic carbocycles. The van der Waals surface area contributed by atoms with Crippen LogP contribution in [0.15, 0.2) is 24.3 Å². The van der Waals surface area contributed by atoms with E-state index < -0.39 is 5.97 Å². The van der Waals surface area contributed by atoms with Crippen LogP contribution in [-0.2, 0) is 6.54 Å². The van der Waals surface area contributed by atoms with Crippen LogP contribution in [0.2, 0.25) is 0 Å². The van der Waals surface area contributed by atoms with Crippen LogP contribution >= 0.6 is 0 Å². The molecule has 4 nitrogen and oxygen atoms in total. The zero-order valence-electron chi connectivity index (χ0n) is 16.1. The molecule has 0 bridgehead atoms. The van der Waals surface area contributed by atoms with Crippen molar-refractivity contribution in [2.45, 2.75) is 71.9 Å². The third-order valence-corrected chi connectivity index (χ3v) is 5.70. The van der Waals surface area contributed by atoms with Gasteiger partial charge in [-0.05, 0) is 45.7 Å². The van der Waals surface area contributed by atoms with Crippen LogP contribution < -0.4 is 5.32 Å². The van der Waals surface area contributed by atoms with Gasteiger partial charge in [0.05, 0.1) is 5.56 Å². The summed E-state index contributed by atoms with van der Waals surface area (Å²) in [6.45, 7) is 6.62. The lowest BCUT2D eigenvalue weighted by Crippen LogP contribution is -2.28. The molecule has 1 aliphatic rings. The fourth-order valence-corrected chi connectivity index (χ4v) is 4.21. The van der Waals surface area contributed by atoms with E-state index in [1.165, 1.54) is 44.1 Å². The van der Waals surface area contributed by atoms with Crippen LogP contribution in [0.5, 0.6) is 0 Å².